The highest BCUT2D eigenvalue weighted by molar-refractivity contribution is 5.97. The van der Waals surface area contributed by atoms with Gasteiger partial charge in [-0.15, -0.1) is 0 Å². The Hall–Kier alpha value is -3.02. The Bertz CT molecular complexity index is 843. The summed E-state index contributed by atoms with van der Waals surface area (Å²) in [5.41, 5.74) is 1.22. The number of ketones is 1. The summed E-state index contributed by atoms with van der Waals surface area (Å²) in [6.45, 7) is 0.383. The van der Waals surface area contributed by atoms with Crippen LogP contribution in [0.15, 0.2) is 54.6 Å². The van der Waals surface area contributed by atoms with Gasteiger partial charge in [0.2, 0.25) is 0 Å². The Morgan fingerprint density at radius 2 is 1.62 bits per heavy atom. The van der Waals surface area contributed by atoms with E-state index in [2.05, 4.69) is 0 Å². The van der Waals surface area contributed by atoms with E-state index in [9.17, 15) is 19.7 Å². The number of carbonyl (C=O) groups excluding carboxylic acids is 2. The van der Waals surface area contributed by atoms with Crippen molar-refractivity contribution in [3.63, 3.8) is 0 Å². The highest BCUT2D eigenvalue weighted by atomic mass is 16.6. The molecule has 1 aliphatic carbocycles. The summed E-state index contributed by atoms with van der Waals surface area (Å²) in [7, 11) is 0. The van der Waals surface area contributed by atoms with Crippen LogP contribution in [-0.4, -0.2) is 28.1 Å². The van der Waals surface area contributed by atoms with Crippen molar-refractivity contribution in [3.05, 3.63) is 75.8 Å². The first-order valence-corrected chi connectivity index (χ1v) is 10.1. The summed E-state index contributed by atoms with van der Waals surface area (Å²) in [6.07, 6.45) is 6.27. The van der Waals surface area contributed by atoms with Crippen molar-refractivity contribution in [2.75, 3.05) is 6.54 Å². The second-order valence-corrected chi connectivity index (χ2v) is 7.70. The SMILES string of the molecule is O=C(CC1CCCCC1)CN(Cc1ccccc1)C(=O)c1ccc([N+](=O)[O-])cc1. The van der Waals surface area contributed by atoms with E-state index in [4.69, 9.17) is 0 Å². The molecule has 2 aromatic rings. The molecule has 3 rings (SSSR count). The molecule has 1 aliphatic rings. The first kappa shape index (κ1) is 20.7. The number of carbonyl (C=O) groups is 2. The molecule has 0 heterocycles. The summed E-state index contributed by atoms with van der Waals surface area (Å²) >= 11 is 0. The van der Waals surface area contributed by atoms with E-state index in [-0.39, 0.29) is 23.9 Å². The van der Waals surface area contributed by atoms with Gasteiger partial charge in [0, 0.05) is 30.7 Å². The van der Waals surface area contributed by atoms with E-state index in [0.29, 0.717) is 24.4 Å². The molecule has 0 radical (unpaired) electrons. The number of rotatable bonds is 8. The Morgan fingerprint density at radius 1 is 0.966 bits per heavy atom. The van der Waals surface area contributed by atoms with Gasteiger partial charge in [0.25, 0.3) is 11.6 Å². The number of nitro groups is 1. The first-order chi connectivity index (χ1) is 14.0. The van der Waals surface area contributed by atoms with Gasteiger partial charge in [-0.2, -0.15) is 0 Å². The van der Waals surface area contributed by atoms with Gasteiger partial charge in [-0.05, 0) is 23.6 Å². The fraction of sp³-hybridized carbons (Fsp3) is 0.391. The van der Waals surface area contributed by atoms with E-state index in [1.165, 1.54) is 43.5 Å². The van der Waals surface area contributed by atoms with Gasteiger partial charge < -0.3 is 4.90 Å². The van der Waals surface area contributed by atoms with Crippen molar-refractivity contribution >= 4 is 17.4 Å². The molecule has 0 atom stereocenters. The molecule has 1 saturated carbocycles. The van der Waals surface area contributed by atoms with Crippen LogP contribution in [0, 0.1) is 16.0 Å². The van der Waals surface area contributed by atoms with Crippen LogP contribution in [0.2, 0.25) is 0 Å². The van der Waals surface area contributed by atoms with Crippen LogP contribution in [0.1, 0.15) is 54.4 Å². The molecule has 0 spiro atoms. The van der Waals surface area contributed by atoms with Crippen molar-refractivity contribution in [1.82, 2.24) is 4.90 Å². The molecule has 2 aromatic carbocycles. The number of non-ortho nitro benzene ring substituents is 1. The van der Waals surface area contributed by atoms with E-state index >= 15 is 0 Å². The fourth-order valence-electron chi connectivity index (χ4n) is 3.90. The van der Waals surface area contributed by atoms with Gasteiger partial charge in [-0.25, -0.2) is 0 Å². The Kier molecular flexibility index (Phi) is 7.11. The second-order valence-electron chi connectivity index (χ2n) is 7.70. The Balaban J connectivity index is 1.73. The lowest BCUT2D eigenvalue weighted by atomic mass is 9.86. The maximum absolute atomic E-state index is 13.1. The van der Waals surface area contributed by atoms with E-state index in [1.807, 2.05) is 30.3 Å². The molecule has 29 heavy (non-hydrogen) atoms. The largest absolute Gasteiger partial charge is 0.327 e. The number of hydrogen-bond donors (Lipinski definition) is 0. The monoisotopic (exact) mass is 394 g/mol. The molecule has 6 heteroatoms. The molecule has 6 nitrogen and oxygen atoms in total. The summed E-state index contributed by atoms with van der Waals surface area (Å²) in [6, 6.07) is 15.1. The van der Waals surface area contributed by atoms with Crippen LogP contribution in [0.25, 0.3) is 0 Å². The Morgan fingerprint density at radius 3 is 2.24 bits per heavy atom. The molecule has 0 saturated heterocycles. The lowest BCUT2D eigenvalue weighted by Gasteiger charge is -2.25. The molecule has 0 aliphatic heterocycles. The molecule has 1 fully saturated rings. The van der Waals surface area contributed by atoms with Crippen molar-refractivity contribution < 1.29 is 14.5 Å². The Labute approximate surface area is 170 Å². The van der Waals surface area contributed by atoms with Crippen LogP contribution in [0.4, 0.5) is 5.69 Å². The molecule has 152 valence electrons. The van der Waals surface area contributed by atoms with Gasteiger partial charge in [0.05, 0.1) is 11.5 Å². The lowest BCUT2D eigenvalue weighted by Crippen LogP contribution is -2.36. The highest BCUT2D eigenvalue weighted by Gasteiger charge is 2.23. The van der Waals surface area contributed by atoms with Gasteiger partial charge in [-0.1, -0.05) is 62.4 Å². The lowest BCUT2D eigenvalue weighted by molar-refractivity contribution is -0.384. The van der Waals surface area contributed by atoms with Crippen LogP contribution < -0.4 is 0 Å². The third-order valence-electron chi connectivity index (χ3n) is 5.44. The summed E-state index contributed by atoms with van der Waals surface area (Å²) < 4.78 is 0. The van der Waals surface area contributed by atoms with E-state index in [1.54, 1.807) is 4.90 Å². The summed E-state index contributed by atoms with van der Waals surface area (Å²) in [4.78, 5) is 37.7. The molecule has 0 bridgehead atoms. The topological polar surface area (TPSA) is 80.5 Å². The minimum Gasteiger partial charge on any atom is -0.327 e. The van der Waals surface area contributed by atoms with Crippen LogP contribution in [0.3, 0.4) is 0 Å². The highest BCUT2D eigenvalue weighted by Crippen LogP contribution is 2.26. The van der Waals surface area contributed by atoms with Crippen LogP contribution in [-0.2, 0) is 11.3 Å². The van der Waals surface area contributed by atoms with Crippen molar-refractivity contribution in [3.8, 4) is 0 Å². The minimum absolute atomic E-state index is 0.0568. The number of nitrogens with zero attached hydrogens (tertiary/aromatic N) is 2. The smallest absolute Gasteiger partial charge is 0.269 e. The average Bonchev–Trinajstić information content (AvgIpc) is 2.74. The van der Waals surface area contributed by atoms with Crippen molar-refractivity contribution in [2.45, 2.75) is 45.1 Å². The number of nitro benzene ring substituents is 1. The molecule has 0 unspecified atom stereocenters. The van der Waals surface area contributed by atoms with Crippen LogP contribution in [0.5, 0.6) is 0 Å². The van der Waals surface area contributed by atoms with E-state index < -0.39 is 4.92 Å². The average molecular weight is 394 g/mol. The van der Waals surface area contributed by atoms with E-state index in [0.717, 1.165) is 18.4 Å². The number of Topliss-reactive ketones (excluding diaryl/α,β-unsaturated/α-hetero) is 1. The maximum atomic E-state index is 13.1. The van der Waals surface area contributed by atoms with Crippen LogP contribution >= 0.6 is 0 Å². The zero-order chi connectivity index (χ0) is 20.6. The molecule has 0 aromatic heterocycles. The van der Waals surface area contributed by atoms with Gasteiger partial charge >= 0.3 is 0 Å². The van der Waals surface area contributed by atoms with Gasteiger partial charge in [0.15, 0.2) is 5.78 Å². The van der Waals surface area contributed by atoms with Crippen molar-refractivity contribution in [2.24, 2.45) is 5.92 Å². The maximum Gasteiger partial charge on any atom is 0.269 e. The number of amides is 1. The predicted octanol–water partition coefficient (Wildman–Crippen LogP) is 4.78. The predicted molar refractivity (Wildman–Crippen MR) is 110 cm³/mol. The van der Waals surface area contributed by atoms with Gasteiger partial charge in [0.1, 0.15) is 0 Å². The quantitative estimate of drug-likeness (QED) is 0.477. The fourth-order valence-corrected chi connectivity index (χ4v) is 3.90. The molecule has 1 amide bonds. The number of benzene rings is 2. The zero-order valence-electron chi connectivity index (χ0n) is 16.5. The summed E-state index contributed by atoms with van der Waals surface area (Å²) in [5, 5.41) is 10.9. The normalized spacial score (nSPS) is 14.3. The zero-order valence-corrected chi connectivity index (χ0v) is 16.5. The number of hydrogen-bond acceptors (Lipinski definition) is 4. The standard InChI is InChI=1S/C23H26N2O4/c26-22(15-18-7-3-1-4-8-18)17-24(16-19-9-5-2-6-10-19)23(27)20-11-13-21(14-12-20)25(28)29/h2,5-6,9-14,18H,1,3-4,7-8,15-17H2. The molecular weight excluding hydrogens is 368 g/mol. The minimum atomic E-state index is -0.496. The summed E-state index contributed by atoms with van der Waals surface area (Å²) in [5.74, 6) is 0.202. The van der Waals surface area contributed by atoms with Gasteiger partial charge in [-0.3, -0.25) is 19.7 Å². The molecule has 0 N–H and O–H groups in total. The van der Waals surface area contributed by atoms with Crippen molar-refractivity contribution in [1.29, 1.82) is 0 Å². The third kappa shape index (κ3) is 5.98. The molecular formula is C23H26N2O4. The first-order valence-electron chi connectivity index (χ1n) is 10.1. The third-order valence-corrected chi connectivity index (χ3v) is 5.44. The second kappa shape index (κ2) is 9.96.